The molecule has 1 saturated heterocycles. The molecule has 1 aliphatic rings. The van der Waals surface area contributed by atoms with E-state index in [2.05, 4.69) is 39.5 Å². The van der Waals surface area contributed by atoms with E-state index in [1.165, 1.54) is 0 Å². The van der Waals surface area contributed by atoms with Gasteiger partial charge in [-0.2, -0.15) is 0 Å². The zero-order valence-electron chi connectivity index (χ0n) is 17.3. The van der Waals surface area contributed by atoms with Crippen LogP contribution in [0.3, 0.4) is 0 Å². The van der Waals surface area contributed by atoms with Crippen molar-refractivity contribution in [2.24, 2.45) is 5.92 Å². The van der Waals surface area contributed by atoms with Gasteiger partial charge in [0.1, 0.15) is 6.23 Å². The summed E-state index contributed by atoms with van der Waals surface area (Å²) < 4.78 is 6.74. The summed E-state index contributed by atoms with van der Waals surface area (Å²) in [5, 5.41) is 0. The zero-order valence-corrected chi connectivity index (χ0v) is 17.3. The Labute approximate surface area is 160 Å². The first-order valence-corrected chi connectivity index (χ1v) is 10.5. The van der Waals surface area contributed by atoms with Gasteiger partial charge in [0.05, 0.1) is 11.6 Å². The molecule has 1 aromatic carbocycles. The third-order valence-electron chi connectivity index (χ3n) is 5.46. The lowest BCUT2D eigenvalue weighted by molar-refractivity contribution is -0.0709. The van der Waals surface area contributed by atoms with Gasteiger partial charge in [-0.25, -0.2) is 0 Å². The van der Waals surface area contributed by atoms with Crippen LogP contribution in [0.4, 0.5) is 0 Å². The van der Waals surface area contributed by atoms with Gasteiger partial charge in [-0.15, -0.1) is 0 Å². The van der Waals surface area contributed by atoms with Gasteiger partial charge >= 0.3 is 0 Å². The minimum Gasteiger partial charge on any atom is -0.350 e. The maximum atomic E-state index is 13.5. The Morgan fingerprint density at radius 1 is 1.08 bits per heavy atom. The lowest BCUT2D eigenvalue weighted by Gasteiger charge is -2.37. The molecule has 1 aromatic rings. The maximum absolute atomic E-state index is 13.5. The molecule has 2 rings (SSSR count). The fraction of sp³-hybridized carbons (Fsp3) is 0.696. The van der Waals surface area contributed by atoms with Crippen molar-refractivity contribution >= 4 is 5.91 Å². The number of rotatable bonds is 9. The molecular weight excluding hydrogens is 322 g/mol. The Bertz CT molecular complexity index is 549. The molecule has 1 unspecified atom stereocenters. The van der Waals surface area contributed by atoms with E-state index in [1.54, 1.807) is 0 Å². The second-order valence-corrected chi connectivity index (χ2v) is 8.15. The molecule has 1 aliphatic heterocycles. The molecule has 0 N–H and O–H groups in total. The summed E-state index contributed by atoms with van der Waals surface area (Å²) >= 11 is 0. The number of hydrogen-bond donors (Lipinski definition) is 0. The predicted molar refractivity (Wildman–Crippen MR) is 108 cm³/mol. The molecule has 0 saturated carbocycles. The van der Waals surface area contributed by atoms with E-state index < -0.39 is 0 Å². The maximum Gasteiger partial charge on any atom is 0.256 e. The van der Waals surface area contributed by atoms with Gasteiger partial charge < -0.3 is 9.64 Å². The fourth-order valence-corrected chi connectivity index (χ4v) is 4.50. The van der Waals surface area contributed by atoms with Crippen molar-refractivity contribution in [3.05, 3.63) is 35.9 Å². The predicted octanol–water partition coefficient (Wildman–Crippen LogP) is 6.04. The second kappa shape index (κ2) is 9.55. The minimum atomic E-state index is -0.196. The third kappa shape index (κ3) is 4.49. The number of carbonyl (C=O) groups excluding carboxylic acids is 1. The van der Waals surface area contributed by atoms with Crippen molar-refractivity contribution in [3.63, 3.8) is 0 Å². The normalized spacial score (nSPS) is 22.2. The fourth-order valence-electron chi connectivity index (χ4n) is 4.50. The van der Waals surface area contributed by atoms with Crippen molar-refractivity contribution < 1.29 is 9.53 Å². The average molecular weight is 360 g/mol. The number of carbonyl (C=O) groups is 1. The van der Waals surface area contributed by atoms with Crippen LogP contribution in [-0.4, -0.2) is 28.7 Å². The first-order valence-electron chi connectivity index (χ1n) is 10.5. The van der Waals surface area contributed by atoms with E-state index in [1.807, 2.05) is 30.3 Å². The van der Waals surface area contributed by atoms with Gasteiger partial charge in [0.25, 0.3) is 5.91 Å². The van der Waals surface area contributed by atoms with E-state index in [4.69, 9.17) is 4.74 Å². The van der Waals surface area contributed by atoms with Gasteiger partial charge in [-0.1, -0.05) is 72.1 Å². The topological polar surface area (TPSA) is 29.5 Å². The number of ether oxygens (including phenoxy) is 1. The Balaban J connectivity index is 2.45. The molecule has 0 bridgehead atoms. The van der Waals surface area contributed by atoms with Crippen LogP contribution in [0.1, 0.15) is 89.9 Å². The summed E-state index contributed by atoms with van der Waals surface area (Å²) in [4.78, 5) is 15.6. The Hall–Kier alpha value is -1.35. The highest BCUT2D eigenvalue weighted by Crippen LogP contribution is 2.44. The van der Waals surface area contributed by atoms with Gasteiger partial charge in [-0.05, 0) is 43.7 Å². The second-order valence-electron chi connectivity index (χ2n) is 8.15. The molecule has 0 aromatic heterocycles. The Morgan fingerprint density at radius 2 is 1.69 bits per heavy atom. The van der Waals surface area contributed by atoms with Crippen LogP contribution in [0.5, 0.6) is 0 Å². The van der Waals surface area contributed by atoms with E-state index >= 15 is 0 Å². The highest BCUT2D eigenvalue weighted by atomic mass is 16.5. The first kappa shape index (κ1) is 21.0. The van der Waals surface area contributed by atoms with Crippen LogP contribution < -0.4 is 0 Å². The molecule has 1 amide bonds. The zero-order chi connectivity index (χ0) is 19.2. The van der Waals surface area contributed by atoms with Crippen LogP contribution in [0.25, 0.3) is 0 Å². The van der Waals surface area contributed by atoms with Crippen molar-refractivity contribution in [1.29, 1.82) is 0 Å². The van der Waals surface area contributed by atoms with Gasteiger partial charge in [0.2, 0.25) is 0 Å². The lowest BCUT2D eigenvalue weighted by Crippen LogP contribution is -2.49. The number of hydrogen-bond acceptors (Lipinski definition) is 2. The smallest absolute Gasteiger partial charge is 0.256 e. The van der Waals surface area contributed by atoms with Crippen molar-refractivity contribution in [2.75, 3.05) is 0 Å². The summed E-state index contributed by atoms with van der Waals surface area (Å²) in [6.07, 6.45) is 7.04. The average Bonchev–Trinajstić information content (AvgIpc) is 2.89. The first-order chi connectivity index (χ1) is 12.5. The van der Waals surface area contributed by atoms with Crippen molar-refractivity contribution in [2.45, 2.75) is 97.4 Å². The van der Waals surface area contributed by atoms with Gasteiger partial charge in [0, 0.05) is 5.56 Å². The number of amides is 1. The summed E-state index contributed by atoms with van der Waals surface area (Å²) in [6.45, 7) is 11.1. The van der Waals surface area contributed by atoms with E-state index in [-0.39, 0.29) is 23.8 Å². The molecule has 0 aliphatic carbocycles. The van der Waals surface area contributed by atoms with Gasteiger partial charge in [-0.3, -0.25) is 4.79 Å². The molecule has 0 radical (unpaired) electrons. The number of benzene rings is 1. The SMILES string of the molecule is CCCC1OC(CCC)(CCC)[C@H](CC(C)C)N1C(=O)c1ccccc1. The van der Waals surface area contributed by atoms with Crippen LogP contribution >= 0.6 is 0 Å². The van der Waals surface area contributed by atoms with E-state index in [9.17, 15) is 4.79 Å². The van der Waals surface area contributed by atoms with Crippen molar-refractivity contribution in [3.8, 4) is 0 Å². The molecule has 26 heavy (non-hydrogen) atoms. The largest absolute Gasteiger partial charge is 0.350 e. The molecule has 3 nitrogen and oxygen atoms in total. The molecule has 1 heterocycles. The van der Waals surface area contributed by atoms with Crippen LogP contribution in [0.15, 0.2) is 30.3 Å². The standard InChI is InChI=1S/C23H37NO2/c1-6-12-21-24(22(25)19-13-10-9-11-14-19)20(17-18(4)5)23(26-21,15-7-2)16-8-3/h9-11,13-14,18,20-21H,6-8,12,15-17H2,1-5H3/t20-,21?/m0/s1. The molecule has 3 heteroatoms. The monoisotopic (exact) mass is 359 g/mol. The Kier molecular flexibility index (Phi) is 7.69. The molecular formula is C23H37NO2. The van der Waals surface area contributed by atoms with Crippen molar-refractivity contribution in [1.82, 2.24) is 4.90 Å². The van der Waals surface area contributed by atoms with Crippen LogP contribution in [0, 0.1) is 5.92 Å². The van der Waals surface area contributed by atoms with Crippen LogP contribution in [0.2, 0.25) is 0 Å². The molecule has 146 valence electrons. The summed E-state index contributed by atoms with van der Waals surface area (Å²) in [5.41, 5.74) is 0.577. The third-order valence-corrected chi connectivity index (χ3v) is 5.46. The van der Waals surface area contributed by atoms with E-state index in [0.717, 1.165) is 50.5 Å². The highest BCUT2D eigenvalue weighted by molar-refractivity contribution is 5.94. The summed E-state index contributed by atoms with van der Waals surface area (Å²) in [5.74, 6) is 0.659. The van der Waals surface area contributed by atoms with Gasteiger partial charge in [0.15, 0.2) is 0 Å². The molecule has 0 spiro atoms. The molecule has 1 fully saturated rings. The van der Waals surface area contributed by atoms with E-state index in [0.29, 0.717) is 5.92 Å². The summed E-state index contributed by atoms with van der Waals surface area (Å²) in [7, 11) is 0. The quantitative estimate of drug-likeness (QED) is 0.538. The minimum absolute atomic E-state index is 0.102. The van der Waals surface area contributed by atoms with Crippen LogP contribution in [-0.2, 0) is 4.74 Å². The highest BCUT2D eigenvalue weighted by Gasteiger charge is 2.53. The Morgan fingerprint density at radius 3 is 2.19 bits per heavy atom. The summed E-state index contributed by atoms with van der Waals surface area (Å²) in [6, 6.07) is 9.87. The molecule has 2 atom stereocenters. The number of nitrogens with zero attached hydrogens (tertiary/aromatic N) is 1. The lowest BCUT2D eigenvalue weighted by atomic mass is 9.81.